The first-order chi connectivity index (χ1) is 10.4. The lowest BCUT2D eigenvalue weighted by Crippen LogP contribution is -2.36. The Bertz CT molecular complexity index is 372. The van der Waals surface area contributed by atoms with Crippen molar-refractivity contribution < 1.29 is 0 Å². The van der Waals surface area contributed by atoms with Crippen molar-refractivity contribution in [2.45, 2.75) is 80.7 Å². The van der Waals surface area contributed by atoms with E-state index in [0.29, 0.717) is 11.3 Å². The maximum Gasteiger partial charge on any atom is 0.187 e. The maximum absolute atomic E-state index is 4.40. The van der Waals surface area contributed by atoms with Gasteiger partial charge in [-0.25, -0.2) is 9.97 Å². The standard InChI is InChI=1S/C17H29N3S/c1-18-15-11-8-6-4-2-3-5-7-9-12-16(15)21-17-19-13-10-14-20-17/h10,13-16,18H,2-9,11-12H2,1H3. The van der Waals surface area contributed by atoms with Crippen molar-refractivity contribution in [2.24, 2.45) is 0 Å². The quantitative estimate of drug-likeness (QED) is 0.838. The van der Waals surface area contributed by atoms with Gasteiger partial charge in [0.2, 0.25) is 0 Å². The van der Waals surface area contributed by atoms with E-state index in [9.17, 15) is 0 Å². The molecule has 1 N–H and O–H groups in total. The van der Waals surface area contributed by atoms with Crippen LogP contribution in [0.1, 0.15) is 64.2 Å². The molecule has 0 aliphatic heterocycles. The van der Waals surface area contributed by atoms with Crippen LogP contribution in [-0.4, -0.2) is 28.3 Å². The number of nitrogens with zero attached hydrogens (tertiary/aromatic N) is 2. The van der Waals surface area contributed by atoms with Crippen molar-refractivity contribution >= 4 is 11.8 Å². The SMILES string of the molecule is CNC1CCCCCCCCCCC1Sc1ncccn1. The average Bonchev–Trinajstić information content (AvgIpc) is 2.51. The molecular weight excluding hydrogens is 278 g/mol. The molecule has 0 amide bonds. The Morgan fingerprint density at radius 1 is 0.905 bits per heavy atom. The van der Waals surface area contributed by atoms with Crippen LogP contribution in [0.25, 0.3) is 0 Å². The second-order valence-electron chi connectivity index (χ2n) is 5.99. The Balaban J connectivity index is 1.96. The zero-order chi connectivity index (χ0) is 14.8. The summed E-state index contributed by atoms with van der Waals surface area (Å²) in [6.45, 7) is 0. The van der Waals surface area contributed by atoms with E-state index in [1.165, 1.54) is 64.2 Å². The minimum absolute atomic E-state index is 0.582. The first-order valence-electron chi connectivity index (χ1n) is 8.51. The van der Waals surface area contributed by atoms with E-state index < -0.39 is 0 Å². The molecule has 1 aliphatic rings. The molecule has 1 heterocycles. The fourth-order valence-electron chi connectivity index (χ4n) is 3.11. The topological polar surface area (TPSA) is 37.8 Å². The smallest absolute Gasteiger partial charge is 0.187 e. The van der Waals surface area contributed by atoms with E-state index in [4.69, 9.17) is 0 Å². The van der Waals surface area contributed by atoms with Crippen molar-refractivity contribution in [3.05, 3.63) is 18.5 Å². The molecule has 2 unspecified atom stereocenters. The van der Waals surface area contributed by atoms with Gasteiger partial charge in [-0.15, -0.1) is 0 Å². The molecule has 4 heteroatoms. The van der Waals surface area contributed by atoms with Gasteiger partial charge in [0.1, 0.15) is 0 Å². The molecule has 0 radical (unpaired) electrons. The van der Waals surface area contributed by atoms with E-state index >= 15 is 0 Å². The summed E-state index contributed by atoms with van der Waals surface area (Å²) in [4.78, 5) is 8.79. The number of rotatable bonds is 3. The lowest BCUT2D eigenvalue weighted by molar-refractivity contribution is 0.434. The Kier molecular flexibility index (Phi) is 8.12. The van der Waals surface area contributed by atoms with E-state index in [1.807, 2.05) is 30.2 Å². The highest BCUT2D eigenvalue weighted by molar-refractivity contribution is 7.99. The van der Waals surface area contributed by atoms with Crippen LogP contribution in [0.5, 0.6) is 0 Å². The molecule has 1 aliphatic carbocycles. The fourth-order valence-corrected chi connectivity index (χ4v) is 4.35. The molecule has 2 rings (SSSR count). The van der Waals surface area contributed by atoms with Gasteiger partial charge in [0.15, 0.2) is 5.16 Å². The van der Waals surface area contributed by atoms with Crippen LogP contribution < -0.4 is 5.32 Å². The maximum atomic E-state index is 4.40. The highest BCUT2D eigenvalue weighted by atomic mass is 32.2. The van der Waals surface area contributed by atoms with Gasteiger partial charge in [0.05, 0.1) is 0 Å². The molecule has 0 saturated heterocycles. The second-order valence-corrected chi connectivity index (χ2v) is 7.19. The van der Waals surface area contributed by atoms with E-state index in [-0.39, 0.29) is 0 Å². The Hall–Kier alpha value is -0.610. The van der Waals surface area contributed by atoms with Crippen LogP contribution >= 0.6 is 11.8 Å². The summed E-state index contributed by atoms with van der Waals surface area (Å²) in [6, 6.07) is 2.47. The first-order valence-corrected chi connectivity index (χ1v) is 9.39. The number of thioether (sulfide) groups is 1. The van der Waals surface area contributed by atoms with Gasteiger partial charge >= 0.3 is 0 Å². The first kappa shape index (κ1) is 16.8. The van der Waals surface area contributed by atoms with Gasteiger partial charge in [0.25, 0.3) is 0 Å². The summed E-state index contributed by atoms with van der Waals surface area (Å²) in [6.07, 6.45) is 17.4. The zero-order valence-corrected chi connectivity index (χ0v) is 14.1. The van der Waals surface area contributed by atoms with E-state index in [1.54, 1.807) is 0 Å². The van der Waals surface area contributed by atoms with Crippen LogP contribution in [-0.2, 0) is 0 Å². The molecule has 1 fully saturated rings. The van der Waals surface area contributed by atoms with Crippen LogP contribution in [0.2, 0.25) is 0 Å². The summed E-state index contributed by atoms with van der Waals surface area (Å²) in [7, 11) is 2.11. The third-order valence-electron chi connectivity index (χ3n) is 4.37. The van der Waals surface area contributed by atoms with Gasteiger partial charge < -0.3 is 5.32 Å². The largest absolute Gasteiger partial charge is 0.316 e. The highest BCUT2D eigenvalue weighted by Crippen LogP contribution is 2.29. The van der Waals surface area contributed by atoms with Crippen LogP contribution in [0.3, 0.4) is 0 Å². The fraction of sp³-hybridized carbons (Fsp3) is 0.765. The molecule has 1 aromatic heterocycles. The monoisotopic (exact) mass is 307 g/mol. The third kappa shape index (κ3) is 6.35. The van der Waals surface area contributed by atoms with E-state index in [2.05, 4.69) is 22.3 Å². The lowest BCUT2D eigenvalue weighted by atomic mass is 9.97. The van der Waals surface area contributed by atoms with Crippen molar-refractivity contribution in [1.82, 2.24) is 15.3 Å². The lowest BCUT2D eigenvalue weighted by Gasteiger charge is -2.26. The van der Waals surface area contributed by atoms with Gasteiger partial charge in [-0.3, -0.25) is 0 Å². The van der Waals surface area contributed by atoms with Crippen molar-refractivity contribution in [3.8, 4) is 0 Å². The summed E-state index contributed by atoms with van der Waals surface area (Å²) < 4.78 is 0. The summed E-state index contributed by atoms with van der Waals surface area (Å²) in [5.41, 5.74) is 0. The molecule has 2 atom stereocenters. The van der Waals surface area contributed by atoms with Gasteiger partial charge in [-0.2, -0.15) is 0 Å². The molecule has 0 aromatic carbocycles. The zero-order valence-electron chi connectivity index (χ0n) is 13.3. The van der Waals surface area contributed by atoms with Crippen molar-refractivity contribution in [3.63, 3.8) is 0 Å². The normalized spacial score (nSPS) is 25.8. The molecule has 0 spiro atoms. The van der Waals surface area contributed by atoms with Gasteiger partial charge in [-0.05, 0) is 26.0 Å². The second kappa shape index (κ2) is 10.2. The Labute approximate surface area is 133 Å². The minimum atomic E-state index is 0.582. The van der Waals surface area contributed by atoms with Crippen molar-refractivity contribution in [2.75, 3.05) is 7.05 Å². The predicted octanol–water partition coefficient (Wildman–Crippen LogP) is 4.44. The minimum Gasteiger partial charge on any atom is -0.316 e. The molecule has 1 aromatic rings. The van der Waals surface area contributed by atoms with Gasteiger partial charge in [-0.1, -0.05) is 63.1 Å². The summed E-state index contributed by atoms with van der Waals surface area (Å²) in [5.74, 6) is 0. The summed E-state index contributed by atoms with van der Waals surface area (Å²) >= 11 is 1.86. The predicted molar refractivity (Wildman–Crippen MR) is 90.7 cm³/mol. The van der Waals surface area contributed by atoms with Crippen LogP contribution in [0.4, 0.5) is 0 Å². The molecule has 21 heavy (non-hydrogen) atoms. The number of hydrogen-bond donors (Lipinski definition) is 1. The van der Waals surface area contributed by atoms with Crippen LogP contribution in [0.15, 0.2) is 23.6 Å². The third-order valence-corrected chi connectivity index (χ3v) is 5.66. The number of aromatic nitrogens is 2. The van der Waals surface area contributed by atoms with Gasteiger partial charge in [0, 0.05) is 23.7 Å². The number of hydrogen-bond acceptors (Lipinski definition) is 4. The Morgan fingerprint density at radius 2 is 1.48 bits per heavy atom. The molecule has 118 valence electrons. The summed E-state index contributed by atoms with van der Waals surface area (Å²) in [5, 5.41) is 5.07. The van der Waals surface area contributed by atoms with Crippen LogP contribution in [0, 0.1) is 0 Å². The molecule has 3 nitrogen and oxygen atoms in total. The molecule has 1 saturated carbocycles. The van der Waals surface area contributed by atoms with Crippen molar-refractivity contribution in [1.29, 1.82) is 0 Å². The Morgan fingerprint density at radius 3 is 2.10 bits per heavy atom. The number of nitrogens with one attached hydrogen (secondary N) is 1. The molecule has 0 bridgehead atoms. The average molecular weight is 308 g/mol. The van der Waals surface area contributed by atoms with E-state index in [0.717, 1.165) is 5.16 Å². The molecular formula is C17H29N3S. The highest BCUT2D eigenvalue weighted by Gasteiger charge is 2.22.